The van der Waals surface area contributed by atoms with Crippen molar-refractivity contribution in [2.24, 2.45) is 5.73 Å². The summed E-state index contributed by atoms with van der Waals surface area (Å²) in [6, 6.07) is 15.1. The third-order valence-corrected chi connectivity index (χ3v) is 3.57. The largest absolute Gasteiger partial charge is 2.00 e. The minimum atomic E-state index is -1.23. The number of halogens is 1. The van der Waals surface area contributed by atoms with Crippen molar-refractivity contribution in [1.82, 2.24) is 0 Å². The van der Waals surface area contributed by atoms with Gasteiger partial charge in [0.25, 0.3) is 0 Å². The summed E-state index contributed by atoms with van der Waals surface area (Å²) in [5.41, 5.74) is 5.07. The number of hydrogen-bond donors (Lipinski definition) is 3. The molecule has 0 unspecified atom stereocenters. The molecule has 0 saturated heterocycles. The van der Waals surface area contributed by atoms with Gasteiger partial charge in [-0.3, -0.25) is 4.79 Å². The van der Waals surface area contributed by atoms with Gasteiger partial charge in [0.15, 0.2) is 5.60 Å². The molecule has 0 bridgehead atoms. The first-order valence-electron chi connectivity index (χ1n) is 7.82. The van der Waals surface area contributed by atoms with Gasteiger partial charge in [-0.05, 0) is 50.1 Å². The second kappa shape index (κ2) is 12.2. The molecule has 0 aromatic heterocycles. The van der Waals surface area contributed by atoms with E-state index in [0.717, 1.165) is 5.56 Å². The predicted molar refractivity (Wildman–Crippen MR) is 108 cm³/mol. The molecule has 0 radical (unpaired) electrons. The smallest absolute Gasteiger partial charge is 1.00 e. The van der Waals surface area contributed by atoms with Crippen LogP contribution in [0.25, 0.3) is 0 Å². The van der Waals surface area contributed by atoms with E-state index in [1.165, 1.54) is 13.8 Å². The summed E-state index contributed by atoms with van der Waals surface area (Å²) >= 11 is 5.67. The van der Waals surface area contributed by atoms with Gasteiger partial charge < -0.3 is 23.5 Å². The van der Waals surface area contributed by atoms with Gasteiger partial charge in [-0.1, -0.05) is 41.9 Å². The molecule has 0 spiro atoms. The van der Waals surface area contributed by atoms with Crippen LogP contribution in [-0.4, -0.2) is 71.5 Å². The summed E-state index contributed by atoms with van der Waals surface area (Å²) in [5, 5.41) is 17.9. The average molecular weight is 422 g/mol. The van der Waals surface area contributed by atoms with Crippen LogP contribution in [0.5, 0.6) is 5.75 Å². The molecule has 2 rings (SSSR count). The zero-order chi connectivity index (χ0) is 19.7. The number of aliphatic carboxylic acids is 2. The fourth-order valence-electron chi connectivity index (χ4n) is 1.80. The van der Waals surface area contributed by atoms with Crippen molar-refractivity contribution in [3.8, 4) is 5.75 Å². The van der Waals surface area contributed by atoms with Gasteiger partial charge in [0.2, 0.25) is 0 Å². The van der Waals surface area contributed by atoms with E-state index in [1.54, 1.807) is 24.3 Å². The first-order chi connectivity index (χ1) is 12.1. The van der Waals surface area contributed by atoms with Gasteiger partial charge in [0, 0.05) is 5.02 Å². The Morgan fingerprint density at radius 2 is 1.63 bits per heavy atom. The van der Waals surface area contributed by atoms with Crippen molar-refractivity contribution in [1.29, 1.82) is 0 Å². The van der Waals surface area contributed by atoms with Crippen LogP contribution >= 0.6 is 11.6 Å². The van der Waals surface area contributed by atoms with Crippen LogP contribution in [0.4, 0.5) is 0 Å². The second-order valence-corrected chi connectivity index (χ2v) is 6.44. The van der Waals surface area contributed by atoms with E-state index >= 15 is 0 Å². The second-order valence-electron chi connectivity index (χ2n) is 6.01. The van der Waals surface area contributed by atoms with Crippen molar-refractivity contribution in [3.05, 3.63) is 65.2 Å². The zero-order valence-corrected chi connectivity index (χ0v) is 18.2. The molecule has 8 heteroatoms. The quantitative estimate of drug-likeness (QED) is 0.618. The molecule has 0 aliphatic rings. The molecule has 2 aromatic carbocycles. The van der Waals surface area contributed by atoms with E-state index in [4.69, 9.17) is 32.3 Å². The molecule has 144 valence electrons. The topological polar surface area (TPSA) is 110 Å². The summed E-state index contributed by atoms with van der Waals surface area (Å²) in [6.07, 6.45) is 0.385. The number of nitrogens with two attached hydrogens (primary N) is 1. The first kappa shape index (κ1) is 25.7. The molecule has 2 aromatic rings. The number of carboxylic acids is 2. The van der Waals surface area contributed by atoms with E-state index in [0.29, 0.717) is 17.2 Å². The molecule has 0 saturated carbocycles. The number of hydrogen-bond acceptors (Lipinski definition) is 4. The van der Waals surface area contributed by atoms with Crippen LogP contribution in [0.15, 0.2) is 54.6 Å². The number of carbonyl (C=O) groups is 2. The summed E-state index contributed by atoms with van der Waals surface area (Å²) in [5.74, 6) is -1.48. The fraction of sp³-hybridized carbons (Fsp3) is 0.263. The van der Waals surface area contributed by atoms with Crippen LogP contribution in [-0.2, 0) is 16.0 Å². The maximum absolute atomic E-state index is 10.7. The van der Waals surface area contributed by atoms with Gasteiger partial charge in [0.1, 0.15) is 11.8 Å². The molecule has 6 nitrogen and oxygen atoms in total. The number of ether oxygens (including phenoxy) is 1. The van der Waals surface area contributed by atoms with Crippen LogP contribution in [0.3, 0.4) is 0 Å². The van der Waals surface area contributed by atoms with E-state index < -0.39 is 23.6 Å². The van der Waals surface area contributed by atoms with Gasteiger partial charge in [-0.2, -0.15) is 0 Å². The normalized spacial score (nSPS) is 11.3. The minimum absolute atomic E-state index is 0. The van der Waals surface area contributed by atoms with Crippen molar-refractivity contribution < 1.29 is 27.4 Å². The van der Waals surface area contributed by atoms with Crippen LogP contribution in [0.1, 0.15) is 22.3 Å². The Bertz CT molecular complexity index is 733. The molecule has 1 atom stereocenters. The summed E-state index contributed by atoms with van der Waals surface area (Å²) in [7, 11) is 0. The van der Waals surface area contributed by atoms with E-state index in [2.05, 4.69) is 0 Å². The third-order valence-electron chi connectivity index (χ3n) is 3.32. The molecule has 0 amide bonds. The molecule has 4 N–H and O–H groups in total. The van der Waals surface area contributed by atoms with Crippen molar-refractivity contribution in [3.63, 3.8) is 0 Å². The SMILES string of the molecule is CC(C)(Oc1ccc(Cl)cc1)C(=O)O.N[C@@H](Cc1ccccc1)C(=O)O.[Ca+2].[H-].[H-]. The zero-order valence-electron chi connectivity index (χ0n) is 17.3. The molecular formula is C19H24CaClNO5. The fourth-order valence-corrected chi connectivity index (χ4v) is 1.92. The van der Waals surface area contributed by atoms with Gasteiger partial charge in [-0.15, -0.1) is 0 Å². The predicted octanol–water partition coefficient (Wildman–Crippen LogP) is 3.07. The number of carboxylic acid groups (broad SMARTS) is 2. The van der Waals surface area contributed by atoms with E-state index in [-0.39, 0.29) is 40.6 Å². The van der Waals surface area contributed by atoms with Crippen LogP contribution in [0.2, 0.25) is 5.02 Å². The van der Waals surface area contributed by atoms with Crippen LogP contribution in [0, 0.1) is 0 Å². The monoisotopic (exact) mass is 421 g/mol. The standard InChI is InChI=1S/C10H11ClO3.C9H11NO2.Ca.2H/c1-10(2,9(12)13)14-8-5-3-7(11)4-6-8;10-8(9(11)12)6-7-4-2-1-3-5-7;;;/h3-6H,1-2H3,(H,12,13);1-5,8H,6,10H2,(H,11,12);;;/q;;+2;2*-1/t;8-;;;/m.0.../s1. The Labute approximate surface area is 196 Å². The van der Waals surface area contributed by atoms with E-state index in [1.807, 2.05) is 30.3 Å². The van der Waals surface area contributed by atoms with Crippen LogP contribution < -0.4 is 10.5 Å². The Kier molecular flexibility index (Phi) is 11.6. The molecule has 0 fully saturated rings. The Morgan fingerprint density at radius 3 is 2.07 bits per heavy atom. The minimum Gasteiger partial charge on any atom is -1.00 e. The van der Waals surface area contributed by atoms with Gasteiger partial charge in [-0.25, -0.2) is 4.79 Å². The van der Waals surface area contributed by atoms with Crippen molar-refractivity contribution in [2.75, 3.05) is 0 Å². The molecule has 0 aliphatic heterocycles. The third kappa shape index (κ3) is 9.98. The maximum Gasteiger partial charge on any atom is 2.00 e. The molecule has 0 heterocycles. The number of benzene rings is 2. The van der Waals surface area contributed by atoms with Gasteiger partial charge >= 0.3 is 49.7 Å². The summed E-state index contributed by atoms with van der Waals surface area (Å²) in [6.45, 7) is 2.98. The molecule has 0 aliphatic carbocycles. The Balaban J connectivity index is -0.000000426. The maximum atomic E-state index is 10.7. The summed E-state index contributed by atoms with van der Waals surface area (Å²) in [4.78, 5) is 21.1. The Hall–Kier alpha value is -1.31. The molecule has 27 heavy (non-hydrogen) atoms. The first-order valence-corrected chi connectivity index (χ1v) is 8.20. The Morgan fingerprint density at radius 1 is 1.11 bits per heavy atom. The van der Waals surface area contributed by atoms with Crippen molar-refractivity contribution in [2.45, 2.75) is 31.9 Å². The van der Waals surface area contributed by atoms with Crippen molar-refractivity contribution >= 4 is 61.3 Å². The van der Waals surface area contributed by atoms with Gasteiger partial charge in [0.05, 0.1) is 0 Å². The molecular weight excluding hydrogens is 398 g/mol. The number of rotatable bonds is 6. The van der Waals surface area contributed by atoms with E-state index in [9.17, 15) is 9.59 Å². The average Bonchev–Trinajstić information content (AvgIpc) is 2.58. The summed E-state index contributed by atoms with van der Waals surface area (Å²) < 4.78 is 5.26.